The number of nitrogens with one attached hydrogen (secondary N) is 2. The van der Waals surface area contributed by atoms with Crippen molar-refractivity contribution in [1.82, 2.24) is 15.5 Å². The fourth-order valence-electron chi connectivity index (χ4n) is 4.28. The minimum Gasteiger partial charge on any atom is -0.444 e. The van der Waals surface area contributed by atoms with Crippen LogP contribution in [0, 0.1) is 19.8 Å². The van der Waals surface area contributed by atoms with Gasteiger partial charge >= 0.3 is 6.09 Å². The molecule has 0 heterocycles. The van der Waals surface area contributed by atoms with E-state index in [4.69, 9.17) is 4.74 Å². The molecular formula is C27H43N3O4S. The van der Waals surface area contributed by atoms with Crippen LogP contribution >= 0.6 is 12.6 Å². The second-order valence-electron chi connectivity index (χ2n) is 10.7. The van der Waals surface area contributed by atoms with E-state index in [2.05, 4.69) is 37.1 Å². The molecule has 196 valence electrons. The number of hydrogen-bond acceptors (Lipinski definition) is 5. The lowest BCUT2D eigenvalue weighted by molar-refractivity contribution is -0.143. The van der Waals surface area contributed by atoms with Gasteiger partial charge in [0.25, 0.3) is 0 Å². The van der Waals surface area contributed by atoms with Crippen molar-refractivity contribution in [2.45, 2.75) is 97.9 Å². The third kappa shape index (κ3) is 8.74. The van der Waals surface area contributed by atoms with E-state index in [0.717, 1.165) is 42.4 Å². The molecule has 2 N–H and O–H groups in total. The van der Waals surface area contributed by atoms with Crippen LogP contribution < -0.4 is 10.6 Å². The number of thiol groups is 1. The summed E-state index contributed by atoms with van der Waals surface area (Å²) in [6, 6.07) is 4.19. The minimum atomic E-state index is -0.915. The number of amides is 3. The molecule has 0 aliphatic heterocycles. The summed E-state index contributed by atoms with van der Waals surface area (Å²) in [5, 5.41) is 5.72. The Bertz CT molecular complexity index is 879. The Kier molecular flexibility index (Phi) is 10.5. The number of unbranched alkanes of at least 4 members (excludes halogenated alkanes) is 2. The molecule has 1 aromatic carbocycles. The highest BCUT2D eigenvalue weighted by atomic mass is 32.1. The van der Waals surface area contributed by atoms with Crippen LogP contribution in [0.5, 0.6) is 0 Å². The van der Waals surface area contributed by atoms with Crippen LogP contribution in [-0.4, -0.2) is 52.8 Å². The molecule has 1 fully saturated rings. The average molecular weight is 506 g/mol. The Labute approximate surface area is 216 Å². The Balaban J connectivity index is 2.41. The van der Waals surface area contributed by atoms with E-state index in [1.54, 1.807) is 25.7 Å². The number of hydrogen-bond donors (Lipinski definition) is 3. The van der Waals surface area contributed by atoms with Gasteiger partial charge < -0.3 is 20.3 Å². The Hall–Kier alpha value is -2.22. The first-order valence-corrected chi connectivity index (χ1v) is 13.3. The lowest BCUT2D eigenvalue weighted by atomic mass is 9.98. The van der Waals surface area contributed by atoms with Crippen molar-refractivity contribution < 1.29 is 19.1 Å². The van der Waals surface area contributed by atoms with E-state index in [0.29, 0.717) is 6.54 Å². The van der Waals surface area contributed by atoms with Crippen molar-refractivity contribution in [1.29, 1.82) is 0 Å². The zero-order valence-corrected chi connectivity index (χ0v) is 23.2. The van der Waals surface area contributed by atoms with E-state index in [1.165, 1.54) is 0 Å². The molecule has 7 nitrogen and oxygen atoms in total. The van der Waals surface area contributed by atoms with Gasteiger partial charge in [-0.15, -0.1) is 0 Å². The number of nitrogens with zero attached hydrogens (tertiary/aromatic N) is 1. The van der Waals surface area contributed by atoms with Gasteiger partial charge in [0, 0.05) is 18.3 Å². The highest BCUT2D eigenvalue weighted by Crippen LogP contribution is 2.41. The number of rotatable bonds is 11. The summed E-state index contributed by atoms with van der Waals surface area (Å²) in [4.78, 5) is 41.6. The highest BCUT2D eigenvalue weighted by molar-refractivity contribution is 7.80. The zero-order chi connectivity index (χ0) is 26.3. The van der Waals surface area contributed by atoms with Crippen molar-refractivity contribution in [3.63, 3.8) is 0 Å². The number of aryl methyl sites for hydroxylation is 2. The second kappa shape index (κ2) is 12.7. The molecule has 8 heteroatoms. The number of carbonyl (C=O) groups excluding carboxylic acids is 3. The van der Waals surface area contributed by atoms with E-state index >= 15 is 0 Å². The first-order chi connectivity index (χ1) is 16.4. The van der Waals surface area contributed by atoms with Gasteiger partial charge in [-0.25, -0.2) is 4.79 Å². The first-order valence-electron chi connectivity index (χ1n) is 12.7. The molecule has 4 atom stereocenters. The third-order valence-electron chi connectivity index (χ3n) is 6.02. The van der Waals surface area contributed by atoms with E-state index in [9.17, 15) is 14.4 Å². The van der Waals surface area contributed by atoms with Gasteiger partial charge in [0.1, 0.15) is 17.7 Å². The molecule has 2 rings (SSSR count). The molecule has 1 saturated carbocycles. The Morgan fingerprint density at radius 2 is 1.74 bits per heavy atom. The zero-order valence-electron chi connectivity index (χ0n) is 22.3. The summed E-state index contributed by atoms with van der Waals surface area (Å²) in [7, 11) is 0. The van der Waals surface area contributed by atoms with Crippen LogP contribution in [0.4, 0.5) is 4.79 Å². The highest BCUT2D eigenvalue weighted by Gasteiger charge is 2.48. The number of alkyl carbamates (subject to hydrolysis) is 1. The maximum absolute atomic E-state index is 13.9. The SMILES string of the molecule is CCCCCNC(=O)C(c1cc(C)cc(C)c1)N(C(=O)C(CS)NC(=O)OC(C)(C)C)C1CC1C. The average Bonchev–Trinajstić information content (AvgIpc) is 3.46. The van der Waals surface area contributed by atoms with Gasteiger partial charge in [0.15, 0.2) is 0 Å². The van der Waals surface area contributed by atoms with Gasteiger partial charge in [0.05, 0.1) is 0 Å². The van der Waals surface area contributed by atoms with Crippen molar-refractivity contribution in [2.24, 2.45) is 5.92 Å². The molecule has 35 heavy (non-hydrogen) atoms. The largest absolute Gasteiger partial charge is 0.444 e. The van der Waals surface area contributed by atoms with Crippen LogP contribution in [0.25, 0.3) is 0 Å². The summed E-state index contributed by atoms with van der Waals surface area (Å²) >= 11 is 4.35. The summed E-state index contributed by atoms with van der Waals surface area (Å²) in [6.45, 7) is 14.0. The summed E-state index contributed by atoms with van der Waals surface area (Å²) in [5.41, 5.74) is 2.13. The topological polar surface area (TPSA) is 87.7 Å². The van der Waals surface area contributed by atoms with Crippen molar-refractivity contribution in [3.8, 4) is 0 Å². The molecule has 4 unspecified atom stereocenters. The van der Waals surface area contributed by atoms with E-state index < -0.39 is 23.8 Å². The van der Waals surface area contributed by atoms with Gasteiger partial charge in [-0.2, -0.15) is 12.6 Å². The fraction of sp³-hybridized carbons (Fsp3) is 0.667. The van der Waals surface area contributed by atoms with Crippen LogP contribution in [0.1, 0.15) is 83.0 Å². The molecule has 3 amide bonds. The molecule has 0 radical (unpaired) electrons. The quantitative estimate of drug-likeness (QED) is 0.300. The molecule has 1 aliphatic rings. The number of ether oxygens (including phenoxy) is 1. The summed E-state index contributed by atoms with van der Waals surface area (Å²) < 4.78 is 5.36. The van der Waals surface area contributed by atoms with Crippen LogP contribution in [0.3, 0.4) is 0 Å². The summed E-state index contributed by atoms with van der Waals surface area (Å²) in [5.74, 6) is -0.169. The van der Waals surface area contributed by atoms with Gasteiger partial charge in [-0.05, 0) is 58.9 Å². The van der Waals surface area contributed by atoms with Gasteiger partial charge in [0.2, 0.25) is 11.8 Å². The maximum Gasteiger partial charge on any atom is 0.408 e. The van der Waals surface area contributed by atoms with Crippen molar-refractivity contribution in [2.75, 3.05) is 12.3 Å². The predicted octanol–water partition coefficient (Wildman–Crippen LogP) is 4.71. The molecule has 1 aromatic rings. The molecule has 0 saturated heterocycles. The van der Waals surface area contributed by atoms with Crippen LogP contribution in [0.2, 0.25) is 0 Å². The Morgan fingerprint density at radius 1 is 1.14 bits per heavy atom. The van der Waals surface area contributed by atoms with E-state index in [-0.39, 0.29) is 29.5 Å². The lowest BCUT2D eigenvalue weighted by Crippen LogP contribution is -2.54. The number of benzene rings is 1. The third-order valence-corrected chi connectivity index (χ3v) is 6.38. The predicted molar refractivity (Wildman–Crippen MR) is 143 cm³/mol. The number of carbonyl (C=O) groups is 3. The summed E-state index contributed by atoms with van der Waals surface area (Å²) in [6.07, 6.45) is 3.09. The Morgan fingerprint density at radius 3 is 2.23 bits per heavy atom. The fourth-order valence-corrected chi connectivity index (χ4v) is 4.52. The van der Waals surface area contributed by atoms with Crippen LogP contribution in [0.15, 0.2) is 18.2 Å². The monoisotopic (exact) mass is 505 g/mol. The van der Waals surface area contributed by atoms with Gasteiger partial charge in [-0.1, -0.05) is 56.0 Å². The van der Waals surface area contributed by atoms with Crippen molar-refractivity contribution in [3.05, 3.63) is 34.9 Å². The standard InChI is InChI=1S/C27H43N3O4S/c1-8-9-10-11-28-24(31)23(20-13-17(2)12-18(3)14-20)30(22-15-19(22)4)25(32)21(16-35)29-26(33)34-27(5,6)7/h12-14,19,21-23,35H,8-11,15-16H2,1-7H3,(H,28,31)(H,29,33). The lowest BCUT2D eigenvalue weighted by Gasteiger charge is -2.35. The molecule has 0 bridgehead atoms. The van der Waals surface area contributed by atoms with Crippen molar-refractivity contribution >= 4 is 30.5 Å². The normalized spacial score (nSPS) is 18.9. The smallest absolute Gasteiger partial charge is 0.408 e. The first kappa shape index (κ1) is 29.0. The van der Waals surface area contributed by atoms with E-state index in [1.807, 2.05) is 32.0 Å². The second-order valence-corrected chi connectivity index (χ2v) is 11.1. The molecule has 0 spiro atoms. The van der Waals surface area contributed by atoms with Gasteiger partial charge in [-0.3, -0.25) is 9.59 Å². The molecular weight excluding hydrogens is 462 g/mol. The maximum atomic E-state index is 13.9. The minimum absolute atomic E-state index is 0.0856. The molecule has 0 aromatic heterocycles. The van der Waals surface area contributed by atoms with Crippen LogP contribution in [-0.2, 0) is 14.3 Å². The molecule has 1 aliphatic carbocycles.